The van der Waals surface area contributed by atoms with Crippen molar-refractivity contribution in [2.24, 2.45) is 10.7 Å². The molecule has 3 heterocycles. The van der Waals surface area contributed by atoms with Gasteiger partial charge in [-0.3, -0.25) is 9.56 Å². The first kappa shape index (κ1) is 14.9. The van der Waals surface area contributed by atoms with E-state index in [1.807, 2.05) is 0 Å². The Kier molecular flexibility index (Phi) is 4.06. The minimum atomic E-state index is -1.16. The van der Waals surface area contributed by atoms with Crippen molar-refractivity contribution in [1.82, 2.24) is 9.55 Å². The average Bonchev–Trinajstić information content (AvgIpc) is 2.94. The summed E-state index contributed by atoms with van der Waals surface area (Å²) in [6.45, 7) is -0.375. The zero-order valence-electron chi connectivity index (χ0n) is 9.92. The lowest BCUT2D eigenvalue weighted by atomic mass is 10.1. The molecule has 9 heteroatoms. The second-order valence-corrected chi connectivity index (χ2v) is 4.48. The van der Waals surface area contributed by atoms with Gasteiger partial charge in [0.1, 0.15) is 36.0 Å². The van der Waals surface area contributed by atoms with Crippen molar-refractivity contribution in [3.63, 3.8) is 0 Å². The van der Waals surface area contributed by atoms with Gasteiger partial charge in [0.25, 0.3) is 0 Å². The maximum Gasteiger partial charge on any atom is 0.165 e. The Balaban J connectivity index is 0.00000147. The monoisotopic (exact) mass is 285 g/mol. The van der Waals surface area contributed by atoms with Crippen LogP contribution in [0.1, 0.15) is 25.5 Å². The lowest BCUT2D eigenvalue weighted by Gasteiger charge is -2.21. The molecule has 1 aromatic rings. The average molecular weight is 285 g/mol. The van der Waals surface area contributed by atoms with Gasteiger partial charge in [-0.1, -0.05) is 7.43 Å². The summed E-state index contributed by atoms with van der Waals surface area (Å²) in [5.41, 5.74) is 6.30. The highest BCUT2D eigenvalue weighted by molar-refractivity contribution is 5.77. The fraction of sp³-hybridized carbons (Fsp3) is 0.636. The number of hydrogen-bond donors (Lipinski definition) is 5. The summed E-state index contributed by atoms with van der Waals surface area (Å²) in [6, 6.07) is 0. The third-order valence-electron chi connectivity index (χ3n) is 3.33. The van der Waals surface area contributed by atoms with E-state index in [1.54, 1.807) is 0 Å². The minimum absolute atomic E-state index is 0. The van der Waals surface area contributed by atoms with E-state index in [2.05, 4.69) is 15.3 Å². The Morgan fingerprint density at radius 2 is 2.15 bits per heavy atom. The van der Waals surface area contributed by atoms with Crippen LogP contribution in [0.4, 0.5) is 5.82 Å². The number of aliphatic imine (C=N–C) groups is 1. The van der Waals surface area contributed by atoms with Gasteiger partial charge in [0, 0.05) is 0 Å². The second-order valence-electron chi connectivity index (χ2n) is 4.48. The van der Waals surface area contributed by atoms with E-state index < -0.39 is 30.7 Å². The van der Waals surface area contributed by atoms with E-state index in [1.165, 1.54) is 17.2 Å². The molecular formula is C11H19N5O4. The van der Waals surface area contributed by atoms with E-state index in [0.717, 1.165) is 0 Å². The highest BCUT2D eigenvalue weighted by Gasteiger charge is 2.44. The molecule has 0 aliphatic carbocycles. The van der Waals surface area contributed by atoms with Crippen LogP contribution in [0.3, 0.4) is 0 Å². The molecule has 20 heavy (non-hydrogen) atoms. The molecule has 0 bridgehead atoms. The van der Waals surface area contributed by atoms with Crippen LogP contribution >= 0.6 is 0 Å². The van der Waals surface area contributed by atoms with Gasteiger partial charge in [-0.25, -0.2) is 4.98 Å². The maximum absolute atomic E-state index is 9.97. The van der Waals surface area contributed by atoms with E-state index in [9.17, 15) is 10.2 Å². The summed E-state index contributed by atoms with van der Waals surface area (Å²) in [7, 11) is 0. The van der Waals surface area contributed by atoms with E-state index >= 15 is 0 Å². The van der Waals surface area contributed by atoms with Crippen molar-refractivity contribution in [2.75, 3.05) is 11.9 Å². The maximum atomic E-state index is 9.97. The van der Waals surface area contributed by atoms with Gasteiger partial charge in [-0.15, -0.1) is 0 Å². The number of nitrogens with two attached hydrogens (primary N) is 1. The smallest absolute Gasteiger partial charge is 0.165 e. The number of anilines is 1. The number of aliphatic hydroxyl groups excluding tert-OH is 3. The Morgan fingerprint density at radius 1 is 1.40 bits per heavy atom. The van der Waals surface area contributed by atoms with Crippen molar-refractivity contribution in [3.8, 4) is 0 Å². The molecule has 1 fully saturated rings. The van der Waals surface area contributed by atoms with Crippen LogP contribution in [-0.4, -0.2) is 56.1 Å². The van der Waals surface area contributed by atoms with Gasteiger partial charge in [-0.2, -0.15) is 0 Å². The first-order chi connectivity index (χ1) is 9.13. The highest BCUT2D eigenvalue weighted by Crippen LogP contribution is 2.34. The predicted molar refractivity (Wildman–Crippen MR) is 71.0 cm³/mol. The molecule has 2 unspecified atom stereocenters. The third-order valence-corrected chi connectivity index (χ3v) is 3.33. The Bertz CT molecular complexity index is 505. The Morgan fingerprint density at radius 3 is 2.80 bits per heavy atom. The van der Waals surface area contributed by atoms with Gasteiger partial charge >= 0.3 is 0 Å². The summed E-state index contributed by atoms with van der Waals surface area (Å²) in [5.74, 6) is 0.553. The lowest BCUT2D eigenvalue weighted by Crippen LogP contribution is -2.33. The van der Waals surface area contributed by atoms with Crippen LogP contribution < -0.4 is 11.1 Å². The summed E-state index contributed by atoms with van der Waals surface area (Å²) in [5, 5.41) is 31.7. The Hall–Kier alpha value is -1.52. The third kappa shape index (κ3) is 2.09. The van der Waals surface area contributed by atoms with E-state index in [4.69, 9.17) is 15.6 Å². The number of hydrogen-bond acceptors (Lipinski definition) is 8. The van der Waals surface area contributed by atoms with Crippen LogP contribution in [0, 0.1) is 0 Å². The fourth-order valence-electron chi connectivity index (χ4n) is 2.29. The van der Waals surface area contributed by atoms with Gasteiger partial charge in [0.05, 0.1) is 19.3 Å². The molecule has 6 N–H and O–H groups in total. The summed E-state index contributed by atoms with van der Waals surface area (Å²) in [6.07, 6.45) is -1.67. The van der Waals surface area contributed by atoms with Gasteiger partial charge in [0.2, 0.25) is 0 Å². The molecule has 1 saturated heterocycles. The highest BCUT2D eigenvalue weighted by atomic mass is 16.6. The van der Waals surface area contributed by atoms with E-state index in [-0.39, 0.29) is 14.0 Å². The van der Waals surface area contributed by atoms with Crippen LogP contribution in [0.15, 0.2) is 11.3 Å². The number of aliphatic hydroxyl groups is 3. The van der Waals surface area contributed by atoms with Crippen molar-refractivity contribution in [2.45, 2.75) is 38.1 Å². The molecule has 1 aromatic heterocycles. The summed E-state index contributed by atoms with van der Waals surface area (Å²) >= 11 is 0. The first-order valence-electron chi connectivity index (χ1n) is 5.86. The number of nitrogens with one attached hydrogen (secondary N) is 1. The molecule has 2 aliphatic rings. The van der Waals surface area contributed by atoms with Crippen LogP contribution in [0.25, 0.3) is 0 Å². The molecule has 0 radical (unpaired) electrons. The molecule has 0 aromatic carbocycles. The van der Waals surface area contributed by atoms with Crippen LogP contribution in [0.2, 0.25) is 0 Å². The number of rotatable bonds is 2. The topological polar surface area (TPSA) is 138 Å². The molecule has 0 amide bonds. The van der Waals surface area contributed by atoms with Gasteiger partial charge in [-0.05, 0) is 0 Å². The molecular weight excluding hydrogens is 266 g/mol. The number of aromatic nitrogens is 2. The van der Waals surface area contributed by atoms with Crippen molar-refractivity contribution < 1.29 is 20.1 Å². The molecule has 9 nitrogen and oxygen atoms in total. The normalized spacial score (nSPS) is 35.3. The largest absolute Gasteiger partial charge is 0.394 e. The SMILES string of the molecule is C.NC1N=CNc2c1ncn2[C@@H]1O[C@H](CO)[C@H](O)C1O. The second kappa shape index (κ2) is 5.46. The predicted octanol–water partition coefficient (Wildman–Crippen LogP) is -1.46. The van der Waals surface area contributed by atoms with Crippen molar-refractivity contribution in [1.29, 1.82) is 0 Å². The van der Waals surface area contributed by atoms with E-state index in [0.29, 0.717) is 11.5 Å². The minimum Gasteiger partial charge on any atom is -0.394 e. The summed E-state index contributed by atoms with van der Waals surface area (Å²) in [4.78, 5) is 8.07. The van der Waals surface area contributed by atoms with Gasteiger partial charge < -0.3 is 31.1 Å². The fourth-order valence-corrected chi connectivity index (χ4v) is 2.29. The number of imidazole rings is 1. The standard InChI is InChI=1S/C10H15N5O4.CH4/c11-8-5-9(13-2-12-8)15(3-14-5)10-7(18)6(17)4(1-16)19-10;/h2-4,6-8,10,16-18H,1,11H2,(H,12,13);1H4/t4-,6+,7?,8?,10-;/m1./s1. The zero-order chi connectivity index (χ0) is 13.6. The van der Waals surface area contributed by atoms with Gasteiger partial charge in [0.15, 0.2) is 6.23 Å². The number of nitrogens with zero attached hydrogens (tertiary/aromatic N) is 3. The van der Waals surface area contributed by atoms with Crippen LogP contribution in [-0.2, 0) is 4.74 Å². The lowest BCUT2D eigenvalue weighted by molar-refractivity contribution is -0.0518. The molecule has 2 aliphatic heterocycles. The molecule has 112 valence electrons. The number of fused-ring (bicyclic) bond motifs is 1. The quantitative estimate of drug-likeness (QED) is 0.447. The molecule has 3 rings (SSSR count). The van der Waals surface area contributed by atoms with Crippen LogP contribution in [0.5, 0.6) is 0 Å². The molecule has 5 atom stereocenters. The van der Waals surface area contributed by atoms with Crippen molar-refractivity contribution in [3.05, 3.63) is 12.0 Å². The number of ether oxygens (including phenoxy) is 1. The zero-order valence-corrected chi connectivity index (χ0v) is 9.92. The Labute approximate surface area is 115 Å². The van der Waals surface area contributed by atoms with Crippen molar-refractivity contribution >= 4 is 12.2 Å². The summed E-state index contributed by atoms with van der Waals surface area (Å²) < 4.78 is 6.96. The first-order valence-corrected chi connectivity index (χ1v) is 5.86. The molecule has 0 spiro atoms. The molecule has 0 saturated carbocycles.